The van der Waals surface area contributed by atoms with Gasteiger partial charge in [0.15, 0.2) is 0 Å². The molecule has 0 unspecified atom stereocenters. The Morgan fingerprint density at radius 2 is 1.25 bits per heavy atom. The van der Waals surface area contributed by atoms with Crippen LogP contribution in [0.5, 0.6) is 0 Å². The predicted molar refractivity (Wildman–Crippen MR) is 23.9 cm³/mol. The molecule has 4 heavy (non-hydrogen) atoms. The fourth-order valence-electron chi connectivity index (χ4n) is 0. The van der Waals surface area contributed by atoms with E-state index in [-0.39, 0.29) is 134 Å². The zero-order valence-corrected chi connectivity index (χ0v) is 12.9. The molecule has 0 radical (unpaired) electrons. The Bertz CT molecular complexity index is 17.7. The molecule has 0 aliphatic heterocycles. The van der Waals surface area contributed by atoms with Crippen LogP contribution >= 0.6 is 0 Å². The van der Waals surface area contributed by atoms with Crippen molar-refractivity contribution in [1.29, 1.82) is 0 Å². The van der Waals surface area contributed by atoms with E-state index in [0.717, 1.165) is 0 Å². The molecule has 0 aromatic carbocycles. The van der Waals surface area contributed by atoms with Gasteiger partial charge in [-0.25, -0.2) is 0 Å². The van der Waals surface area contributed by atoms with Crippen LogP contribution in [0.4, 0.5) is 0 Å². The Morgan fingerprint density at radius 1 is 1.25 bits per heavy atom. The molecule has 0 aromatic rings. The summed E-state index contributed by atoms with van der Waals surface area (Å²) in [5.74, 6) is 0. The fourth-order valence-corrected chi connectivity index (χ4v) is 0. The van der Waals surface area contributed by atoms with Crippen LogP contribution in [0.25, 0.3) is 0 Å². The van der Waals surface area contributed by atoms with E-state index in [0.29, 0.717) is 0 Å². The molecule has 0 saturated carbocycles. The van der Waals surface area contributed by atoms with Crippen molar-refractivity contribution in [2.45, 2.75) is 0 Å². The zero-order chi connectivity index (χ0) is 0. The van der Waals surface area contributed by atoms with Crippen molar-refractivity contribution in [3.05, 3.63) is 0 Å². The van der Waals surface area contributed by atoms with E-state index in [4.69, 9.17) is 0 Å². The van der Waals surface area contributed by atoms with Crippen molar-refractivity contribution < 1.29 is 28.0 Å². The van der Waals surface area contributed by atoms with E-state index in [2.05, 4.69) is 0 Å². The third-order valence-corrected chi connectivity index (χ3v) is 0. The standard InChI is InChI=1S/Ca.Mg.Sr.Zn.6H/q3*+2;;6*-1. The Morgan fingerprint density at radius 3 is 1.25 bits per heavy atom. The Hall–Kier alpha value is 4.13. The summed E-state index contributed by atoms with van der Waals surface area (Å²) in [6.45, 7) is 0. The van der Waals surface area contributed by atoms with Gasteiger partial charge in [-0.05, 0) is 0 Å². The third kappa shape index (κ3) is 9.46. The molecule has 0 aliphatic rings. The fraction of sp³-hybridized carbons (Fsp3) is 0. The molecule has 0 nitrogen and oxygen atoms in total. The first kappa shape index (κ1) is 24.2. The molecule has 0 N–H and O–H groups in total. The second-order valence-electron chi connectivity index (χ2n) is 0. The van der Waals surface area contributed by atoms with Crippen LogP contribution in [0.1, 0.15) is 8.56 Å². The van der Waals surface area contributed by atoms with Gasteiger partial charge in [-0.2, -0.15) is 0 Å². The van der Waals surface area contributed by atoms with Crippen LogP contribution in [-0.2, 0) is 19.5 Å². The summed E-state index contributed by atoms with van der Waals surface area (Å²) in [4.78, 5) is 0. The quantitative estimate of drug-likeness (QED) is 0.487. The Kier molecular flexibility index (Phi) is 95.2. The molecule has 4 heteroatoms. The van der Waals surface area contributed by atoms with Gasteiger partial charge in [0.05, 0.1) is 0 Å². The molecular weight excluding hydrogens is 217 g/mol. The smallest absolute Gasteiger partial charge is 1.00 e. The molecule has 0 atom stereocenters. The second-order valence-corrected chi connectivity index (χ2v) is 0. The Balaban J connectivity index is 0. The van der Waals surface area contributed by atoms with Crippen molar-refractivity contribution in [3.8, 4) is 0 Å². The van der Waals surface area contributed by atoms with Crippen molar-refractivity contribution in [1.82, 2.24) is 0 Å². The average molecular weight is 223 g/mol. The van der Waals surface area contributed by atoms with Crippen LogP contribution in [-0.4, -0.2) is 106 Å². The maximum Gasteiger partial charge on any atom is 2.00 e. The minimum atomic E-state index is 0. The van der Waals surface area contributed by atoms with Gasteiger partial charge in [-0.3, -0.25) is 0 Å². The van der Waals surface area contributed by atoms with Gasteiger partial charge in [-0.15, -0.1) is 0 Å². The minimum Gasteiger partial charge on any atom is -1.00 e. The van der Waals surface area contributed by atoms with Crippen molar-refractivity contribution >= 4 is 106 Å². The summed E-state index contributed by atoms with van der Waals surface area (Å²) in [5, 5.41) is 0. The number of rotatable bonds is 0. The number of hydrogen-bond donors (Lipinski definition) is 0. The van der Waals surface area contributed by atoms with Gasteiger partial charge in [0.1, 0.15) is 0 Å². The molecule has 0 bridgehead atoms. The van der Waals surface area contributed by atoms with E-state index in [1.807, 2.05) is 0 Å². The molecular formula is H6CaMgSrZn. The Labute approximate surface area is 131 Å². The average Bonchev–Trinajstić information content (AvgIpc) is 0. The predicted octanol–water partition coefficient (Wildman–Crippen LogP) is -0.470. The molecule has 14 valence electrons. The summed E-state index contributed by atoms with van der Waals surface area (Å²) >= 11 is 0. The van der Waals surface area contributed by atoms with E-state index in [1.54, 1.807) is 0 Å². The van der Waals surface area contributed by atoms with Crippen LogP contribution in [0.3, 0.4) is 0 Å². The van der Waals surface area contributed by atoms with E-state index < -0.39 is 0 Å². The monoisotopic (exact) mass is 222 g/mol. The molecule has 0 amide bonds. The summed E-state index contributed by atoms with van der Waals surface area (Å²) < 4.78 is 0. The first-order valence-electron chi connectivity index (χ1n) is 0. The maximum absolute atomic E-state index is 0. The first-order valence-corrected chi connectivity index (χ1v) is 0. The molecule has 0 heterocycles. The van der Waals surface area contributed by atoms with Gasteiger partial charge in [0, 0.05) is 19.5 Å². The maximum atomic E-state index is 0. The molecule has 0 rings (SSSR count). The van der Waals surface area contributed by atoms with Crippen molar-refractivity contribution in [2.24, 2.45) is 0 Å². The first-order chi connectivity index (χ1) is 0. The topological polar surface area (TPSA) is 0 Å². The van der Waals surface area contributed by atoms with Crippen LogP contribution in [0.2, 0.25) is 0 Å². The molecule has 0 aromatic heterocycles. The van der Waals surface area contributed by atoms with Crippen LogP contribution in [0.15, 0.2) is 0 Å². The molecule has 0 spiro atoms. The normalized spacial score (nSPS) is 0. The molecule has 0 saturated heterocycles. The van der Waals surface area contributed by atoms with Gasteiger partial charge in [-0.1, -0.05) is 0 Å². The van der Waals surface area contributed by atoms with Crippen LogP contribution < -0.4 is 0 Å². The van der Waals surface area contributed by atoms with E-state index in [1.165, 1.54) is 0 Å². The summed E-state index contributed by atoms with van der Waals surface area (Å²) in [6.07, 6.45) is 0. The third-order valence-electron chi connectivity index (χ3n) is 0. The summed E-state index contributed by atoms with van der Waals surface area (Å²) in [7, 11) is 0. The number of hydrogen-bond acceptors (Lipinski definition) is 0. The van der Waals surface area contributed by atoms with Gasteiger partial charge in [0.25, 0.3) is 0 Å². The van der Waals surface area contributed by atoms with Gasteiger partial charge in [0.2, 0.25) is 0 Å². The van der Waals surface area contributed by atoms with E-state index >= 15 is 0 Å². The van der Waals surface area contributed by atoms with Crippen LogP contribution in [0, 0.1) is 0 Å². The SMILES string of the molecule is [Ca+2].[H-].[H-].[H-].[H-].[H-].[H-].[Mg+2].[Sr+2].[Zn]. The largest absolute Gasteiger partial charge is 2.00 e. The molecule has 0 aliphatic carbocycles. The van der Waals surface area contributed by atoms with Gasteiger partial charge < -0.3 is 8.56 Å². The van der Waals surface area contributed by atoms with E-state index in [9.17, 15) is 0 Å². The summed E-state index contributed by atoms with van der Waals surface area (Å²) in [5.41, 5.74) is 0. The van der Waals surface area contributed by atoms with Crippen molar-refractivity contribution in [2.75, 3.05) is 0 Å². The zero-order valence-electron chi connectivity index (χ0n) is 8.83. The minimum absolute atomic E-state index is 0. The van der Waals surface area contributed by atoms with Gasteiger partial charge >= 0.3 is 106 Å². The second kappa shape index (κ2) is 15.7. The summed E-state index contributed by atoms with van der Waals surface area (Å²) in [6, 6.07) is 0. The van der Waals surface area contributed by atoms with Crippen molar-refractivity contribution in [3.63, 3.8) is 0 Å². The molecule has 0 fully saturated rings.